The Hall–Kier alpha value is -2.69. The SMILES string of the molecule is CCOc1ccccc1CC(C(=O)O)c1ccc2c(c1)OCO2. The Bertz CT molecular complexity index is 710. The van der Waals surface area contributed by atoms with Gasteiger partial charge in [0.25, 0.3) is 0 Å². The van der Waals surface area contributed by atoms with E-state index in [2.05, 4.69) is 0 Å². The normalized spacial score (nSPS) is 13.6. The van der Waals surface area contributed by atoms with Crippen LogP contribution in [0.3, 0.4) is 0 Å². The number of aliphatic carboxylic acids is 1. The second kappa shape index (κ2) is 6.60. The average Bonchev–Trinajstić information content (AvgIpc) is 3.01. The molecule has 2 aromatic rings. The molecule has 3 rings (SSSR count). The fourth-order valence-electron chi connectivity index (χ4n) is 2.67. The zero-order valence-electron chi connectivity index (χ0n) is 12.8. The van der Waals surface area contributed by atoms with Crippen molar-refractivity contribution in [3.8, 4) is 17.2 Å². The zero-order chi connectivity index (χ0) is 16.2. The first-order chi connectivity index (χ1) is 11.2. The smallest absolute Gasteiger partial charge is 0.311 e. The molecular formula is C18H18O5. The largest absolute Gasteiger partial charge is 0.494 e. The van der Waals surface area contributed by atoms with Crippen molar-refractivity contribution >= 4 is 5.97 Å². The molecule has 1 heterocycles. The second-order valence-electron chi connectivity index (χ2n) is 5.25. The average molecular weight is 314 g/mol. The first-order valence-corrected chi connectivity index (χ1v) is 7.52. The number of ether oxygens (including phenoxy) is 3. The summed E-state index contributed by atoms with van der Waals surface area (Å²) in [6.07, 6.45) is 0.352. The first-order valence-electron chi connectivity index (χ1n) is 7.52. The Morgan fingerprint density at radius 1 is 1.22 bits per heavy atom. The van der Waals surface area contributed by atoms with E-state index in [1.54, 1.807) is 18.2 Å². The van der Waals surface area contributed by atoms with E-state index in [-0.39, 0.29) is 6.79 Å². The third-order valence-corrected chi connectivity index (χ3v) is 3.79. The Morgan fingerprint density at radius 3 is 2.78 bits per heavy atom. The molecule has 0 radical (unpaired) electrons. The van der Waals surface area contributed by atoms with Crippen molar-refractivity contribution in [3.63, 3.8) is 0 Å². The highest BCUT2D eigenvalue weighted by atomic mass is 16.7. The summed E-state index contributed by atoms with van der Waals surface area (Å²) in [7, 11) is 0. The van der Waals surface area contributed by atoms with Gasteiger partial charge in [0.05, 0.1) is 12.5 Å². The number of fused-ring (bicyclic) bond motifs is 1. The Labute approximate surface area is 134 Å². The van der Waals surface area contributed by atoms with Gasteiger partial charge >= 0.3 is 5.97 Å². The van der Waals surface area contributed by atoms with Gasteiger partial charge in [0.1, 0.15) is 5.75 Å². The Kier molecular flexibility index (Phi) is 4.37. The van der Waals surface area contributed by atoms with Crippen LogP contribution in [0.15, 0.2) is 42.5 Å². The van der Waals surface area contributed by atoms with E-state index in [0.29, 0.717) is 30.1 Å². The van der Waals surface area contributed by atoms with Crippen LogP contribution in [0.25, 0.3) is 0 Å². The molecule has 1 N–H and O–H groups in total. The van der Waals surface area contributed by atoms with Crippen molar-refractivity contribution in [1.29, 1.82) is 0 Å². The van der Waals surface area contributed by atoms with Gasteiger partial charge in [-0.05, 0) is 42.7 Å². The van der Waals surface area contributed by atoms with Crippen LogP contribution in [0.4, 0.5) is 0 Å². The summed E-state index contributed by atoms with van der Waals surface area (Å²) < 4.78 is 16.2. The molecule has 0 saturated heterocycles. The van der Waals surface area contributed by atoms with Gasteiger partial charge in [-0.15, -0.1) is 0 Å². The lowest BCUT2D eigenvalue weighted by Crippen LogP contribution is -2.15. The van der Waals surface area contributed by atoms with Gasteiger partial charge < -0.3 is 19.3 Å². The monoisotopic (exact) mass is 314 g/mol. The minimum Gasteiger partial charge on any atom is -0.494 e. The summed E-state index contributed by atoms with van der Waals surface area (Å²) >= 11 is 0. The standard InChI is InChI=1S/C18H18O5/c1-2-21-15-6-4-3-5-13(15)9-14(18(19)20)12-7-8-16-17(10-12)23-11-22-16/h3-8,10,14H,2,9,11H2,1H3,(H,19,20). The highest BCUT2D eigenvalue weighted by Gasteiger charge is 2.24. The lowest BCUT2D eigenvalue weighted by atomic mass is 9.91. The number of para-hydroxylation sites is 1. The number of hydrogen-bond acceptors (Lipinski definition) is 4. The number of rotatable bonds is 6. The summed E-state index contributed by atoms with van der Waals surface area (Å²) in [5.41, 5.74) is 1.56. The molecule has 5 nitrogen and oxygen atoms in total. The topological polar surface area (TPSA) is 65.0 Å². The van der Waals surface area contributed by atoms with Gasteiger partial charge in [-0.1, -0.05) is 24.3 Å². The maximum absolute atomic E-state index is 11.8. The maximum atomic E-state index is 11.8. The fourth-order valence-corrected chi connectivity index (χ4v) is 2.67. The molecule has 2 aromatic carbocycles. The van der Waals surface area contributed by atoms with E-state index in [0.717, 1.165) is 11.3 Å². The highest BCUT2D eigenvalue weighted by molar-refractivity contribution is 5.77. The number of hydrogen-bond donors (Lipinski definition) is 1. The summed E-state index contributed by atoms with van der Waals surface area (Å²) in [5, 5.41) is 9.64. The minimum absolute atomic E-state index is 0.170. The predicted octanol–water partition coefficient (Wildman–Crippen LogP) is 3.22. The molecule has 0 aromatic heterocycles. The van der Waals surface area contributed by atoms with Gasteiger partial charge in [0.2, 0.25) is 6.79 Å². The molecule has 0 amide bonds. The molecule has 23 heavy (non-hydrogen) atoms. The van der Waals surface area contributed by atoms with Crippen molar-refractivity contribution in [2.24, 2.45) is 0 Å². The summed E-state index contributed by atoms with van der Waals surface area (Å²) in [6, 6.07) is 12.8. The van der Waals surface area contributed by atoms with Crippen LogP contribution < -0.4 is 14.2 Å². The number of benzene rings is 2. The van der Waals surface area contributed by atoms with Crippen molar-refractivity contribution in [2.75, 3.05) is 13.4 Å². The minimum atomic E-state index is -0.879. The van der Waals surface area contributed by atoms with Crippen molar-refractivity contribution in [3.05, 3.63) is 53.6 Å². The second-order valence-corrected chi connectivity index (χ2v) is 5.25. The van der Waals surface area contributed by atoms with E-state index >= 15 is 0 Å². The molecule has 0 aliphatic carbocycles. The number of carbonyl (C=O) groups is 1. The van der Waals surface area contributed by atoms with Crippen LogP contribution in [0.2, 0.25) is 0 Å². The van der Waals surface area contributed by atoms with Crippen molar-refractivity contribution < 1.29 is 24.1 Å². The van der Waals surface area contributed by atoms with E-state index in [1.807, 2.05) is 31.2 Å². The van der Waals surface area contributed by atoms with Crippen LogP contribution in [-0.4, -0.2) is 24.5 Å². The van der Waals surface area contributed by atoms with Crippen molar-refractivity contribution in [2.45, 2.75) is 19.3 Å². The molecule has 5 heteroatoms. The molecule has 0 spiro atoms. The molecule has 0 saturated carbocycles. The summed E-state index contributed by atoms with van der Waals surface area (Å²) in [6.45, 7) is 2.62. The summed E-state index contributed by atoms with van der Waals surface area (Å²) in [5.74, 6) is 0.405. The molecule has 120 valence electrons. The van der Waals surface area contributed by atoms with Crippen molar-refractivity contribution in [1.82, 2.24) is 0 Å². The van der Waals surface area contributed by atoms with Gasteiger partial charge in [-0.2, -0.15) is 0 Å². The van der Waals surface area contributed by atoms with Crippen LogP contribution in [0.5, 0.6) is 17.2 Å². The first kappa shape index (κ1) is 15.2. The lowest BCUT2D eigenvalue weighted by molar-refractivity contribution is -0.138. The van der Waals surface area contributed by atoms with E-state index in [1.165, 1.54) is 0 Å². The fraction of sp³-hybridized carbons (Fsp3) is 0.278. The highest BCUT2D eigenvalue weighted by Crippen LogP contribution is 2.36. The van der Waals surface area contributed by atoms with E-state index < -0.39 is 11.9 Å². The van der Waals surface area contributed by atoms with Crippen LogP contribution in [0, 0.1) is 0 Å². The quantitative estimate of drug-likeness (QED) is 0.887. The van der Waals surface area contributed by atoms with Gasteiger partial charge in [-0.25, -0.2) is 0 Å². The summed E-state index contributed by atoms with van der Waals surface area (Å²) in [4.78, 5) is 11.8. The third kappa shape index (κ3) is 3.23. The van der Waals surface area contributed by atoms with E-state index in [4.69, 9.17) is 14.2 Å². The van der Waals surface area contributed by atoms with Gasteiger partial charge in [0.15, 0.2) is 11.5 Å². The third-order valence-electron chi connectivity index (χ3n) is 3.79. The van der Waals surface area contributed by atoms with Crippen LogP contribution >= 0.6 is 0 Å². The molecular weight excluding hydrogens is 296 g/mol. The van der Waals surface area contributed by atoms with Crippen LogP contribution in [0.1, 0.15) is 24.0 Å². The van der Waals surface area contributed by atoms with Gasteiger partial charge in [-0.3, -0.25) is 4.79 Å². The molecule has 1 aliphatic heterocycles. The predicted molar refractivity (Wildman–Crippen MR) is 84.3 cm³/mol. The molecule has 0 fully saturated rings. The molecule has 1 aliphatic rings. The number of carboxylic acids is 1. The molecule has 0 bridgehead atoms. The van der Waals surface area contributed by atoms with Crippen LogP contribution in [-0.2, 0) is 11.2 Å². The molecule has 1 unspecified atom stereocenters. The maximum Gasteiger partial charge on any atom is 0.311 e. The van der Waals surface area contributed by atoms with E-state index in [9.17, 15) is 9.90 Å². The zero-order valence-corrected chi connectivity index (χ0v) is 12.8. The molecule has 1 atom stereocenters. The Balaban J connectivity index is 1.90. The Morgan fingerprint density at radius 2 is 2.00 bits per heavy atom. The number of carboxylic acid groups (broad SMARTS) is 1. The van der Waals surface area contributed by atoms with Gasteiger partial charge in [0, 0.05) is 0 Å². The lowest BCUT2D eigenvalue weighted by Gasteiger charge is -2.16.